The number of nitrogens with one attached hydrogen (secondary N) is 1. The second-order valence-electron chi connectivity index (χ2n) is 6.86. The highest BCUT2D eigenvalue weighted by atomic mass is 35.5. The maximum atomic E-state index is 12.6. The van der Waals surface area contributed by atoms with E-state index in [-0.39, 0.29) is 5.56 Å². The standard InChI is InChI=1S/C23H16Cl2N4O2/c24-16-2-4-20-18(12-16)23(30)28-22(27-20)19-13-17(25)3-5-21(19)31-14-15-6-10-29(11-7-15)9-1-8-26/h2-7,10-13H,1,9,14H2/p+1. The first-order valence-electron chi connectivity index (χ1n) is 9.51. The largest absolute Gasteiger partial charge is 0.488 e. The summed E-state index contributed by atoms with van der Waals surface area (Å²) < 4.78 is 7.96. The number of ether oxygens (including phenoxy) is 1. The number of rotatable bonds is 6. The third kappa shape index (κ3) is 4.85. The first kappa shape index (κ1) is 20.9. The molecule has 0 saturated heterocycles. The van der Waals surface area contributed by atoms with Crippen molar-refractivity contribution in [3.8, 4) is 23.2 Å². The van der Waals surface area contributed by atoms with Crippen LogP contribution in [0.2, 0.25) is 10.0 Å². The van der Waals surface area contributed by atoms with Gasteiger partial charge in [-0.1, -0.05) is 23.2 Å². The van der Waals surface area contributed by atoms with E-state index in [0.29, 0.717) is 57.7 Å². The topological polar surface area (TPSA) is 82.7 Å². The van der Waals surface area contributed by atoms with E-state index in [1.54, 1.807) is 36.4 Å². The molecule has 4 rings (SSSR count). The van der Waals surface area contributed by atoms with Crippen molar-refractivity contribution in [2.45, 2.75) is 19.6 Å². The maximum Gasteiger partial charge on any atom is 0.259 e. The predicted molar refractivity (Wildman–Crippen MR) is 119 cm³/mol. The molecule has 2 heterocycles. The van der Waals surface area contributed by atoms with Crippen LogP contribution in [-0.4, -0.2) is 9.97 Å². The van der Waals surface area contributed by atoms with E-state index in [9.17, 15) is 4.79 Å². The zero-order valence-electron chi connectivity index (χ0n) is 16.3. The van der Waals surface area contributed by atoms with Crippen LogP contribution >= 0.6 is 23.2 Å². The molecule has 0 aliphatic heterocycles. The minimum absolute atomic E-state index is 0.293. The molecule has 154 valence electrons. The molecule has 6 nitrogen and oxygen atoms in total. The van der Waals surface area contributed by atoms with E-state index in [0.717, 1.165) is 5.56 Å². The molecule has 0 aliphatic rings. The van der Waals surface area contributed by atoms with Gasteiger partial charge >= 0.3 is 0 Å². The number of hydrogen-bond acceptors (Lipinski definition) is 4. The number of H-pyrrole nitrogens is 1. The SMILES string of the molecule is N#CCC[n+]1ccc(COc2ccc(Cl)cc2-c2nc3ccc(Cl)cc3c(=O)[nH]2)cc1. The van der Waals surface area contributed by atoms with E-state index in [1.165, 1.54) is 0 Å². The predicted octanol–water partition coefficient (Wildman–Crippen LogP) is 4.68. The van der Waals surface area contributed by atoms with Crippen LogP contribution in [0.25, 0.3) is 22.3 Å². The second-order valence-corrected chi connectivity index (χ2v) is 7.73. The number of aromatic nitrogens is 3. The Morgan fingerprint density at radius 2 is 1.81 bits per heavy atom. The number of aryl methyl sites for hydroxylation is 1. The zero-order valence-corrected chi connectivity index (χ0v) is 17.8. The lowest BCUT2D eigenvalue weighted by Crippen LogP contribution is -2.32. The van der Waals surface area contributed by atoms with E-state index in [2.05, 4.69) is 16.0 Å². The van der Waals surface area contributed by atoms with Crippen molar-refractivity contribution < 1.29 is 9.30 Å². The van der Waals surface area contributed by atoms with E-state index in [4.69, 9.17) is 33.2 Å². The molecular formula is C23H17Cl2N4O2+. The second kappa shape index (κ2) is 9.17. The summed E-state index contributed by atoms with van der Waals surface area (Å²) in [6.45, 7) is 0.965. The smallest absolute Gasteiger partial charge is 0.259 e. The molecule has 0 bridgehead atoms. The highest BCUT2D eigenvalue weighted by molar-refractivity contribution is 6.31. The Labute approximate surface area is 188 Å². The van der Waals surface area contributed by atoms with Crippen LogP contribution in [0.5, 0.6) is 5.75 Å². The molecule has 0 amide bonds. The highest BCUT2D eigenvalue weighted by Gasteiger charge is 2.13. The summed E-state index contributed by atoms with van der Waals surface area (Å²) in [4.78, 5) is 19.9. The third-order valence-electron chi connectivity index (χ3n) is 4.70. The van der Waals surface area contributed by atoms with Crippen molar-refractivity contribution in [3.63, 3.8) is 0 Å². The van der Waals surface area contributed by atoms with Gasteiger partial charge in [-0.15, -0.1) is 0 Å². The van der Waals surface area contributed by atoms with Gasteiger partial charge in [0.05, 0.1) is 29.0 Å². The molecule has 0 saturated carbocycles. The number of pyridine rings is 1. The van der Waals surface area contributed by atoms with E-state index in [1.807, 2.05) is 29.1 Å². The Bertz CT molecular complexity index is 1340. The fraction of sp³-hybridized carbons (Fsp3) is 0.130. The molecule has 0 unspecified atom stereocenters. The van der Waals surface area contributed by atoms with Crippen LogP contribution in [0.3, 0.4) is 0 Å². The van der Waals surface area contributed by atoms with Gasteiger partial charge in [0, 0.05) is 27.7 Å². The molecule has 2 aromatic heterocycles. The van der Waals surface area contributed by atoms with Crippen LogP contribution in [0.1, 0.15) is 12.0 Å². The summed E-state index contributed by atoms with van der Waals surface area (Å²) in [5.74, 6) is 0.904. The minimum atomic E-state index is -0.293. The number of nitriles is 1. The average Bonchev–Trinajstić information content (AvgIpc) is 2.78. The van der Waals surface area contributed by atoms with Gasteiger partial charge in [-0.3, -0.25) is 4.79 Å². The minimum Gasteiger partial charge on any atom is -0.488 e. The van der Waals surface area contributed by atoms with Crippen molar-refractivity contribution in [3.05, 3.63) is 86.9 Å². The fourth-order valence-electron chi connectivity index (χ4n) is 3.13. The van der Waals surface area contributed by atoms with Crippen molar-refractivity contribution in [2.75, 3.05) is 0 Å². The molecule has 1 N–H and O–H groups in total. The molecule has 0 fully saturated rings. The van der Waals surface area contributed by atoms with Crippen molar-refractivity contribution in [2.24, 2.45) is 0 Å². The van der Waals surface area contributed by atoms with Gasteiger partial charge in [0.2, 0.25) is 0 Å². The summed E-state index contributed by atoms with van der Waals surface area (Å²) in [5.41, 5.74) is 1.78. The molecule has 4 aromatic rings. The molecule has 0 atom stereocenters. The van der Waals surface area contributed by atoms with Crippen molar-refractivity contribution in [1.82, 2.24) is 9.97 Å². The molecular weight excluding hydrogens is 435 g/mol. The first-order chi connectivity index (χ1) is 15.0. The van der Waals surface area contributed by atoms with Crippen LogP contribution < -0.4 is 14.9 Å². The number of benzene rings is 2. The third-order valence-corrected chi connectivity index (χ3v) is 5.17. The summed E-state index contributed by atoms with van der Waals surface area (Å²) in [6, 6.07) is 16.2. The summed E-state index contributed by atoms with van der Waals surface area (Å²) >= 11 is 12.2. The van der Waals surface area contributed by atoms with Gasteiger partial charge in [0.25, 0.3) is 5.56 Å². The first-order valence-corrected chi connectivity index (χ1v) is 10.3. The normalized spacial score (nSPS) is 10.7. The van der Waals surface area contributed by atoms with Gasteiger partial charge in [0.15, 0.2) is 18.9 Å². The lowest BCUT2D eigenvalue weighted by atomic mass is 10.1. The number of aromatic amines is 1. The van der Waals surface area contributed by atoms with Crippen LogP contribution in [0, 0.1) is 11.3 Å². The van der Waals surface area contributed by atoms with Gasteiger partial charge in [0.1, 0.15) is 18.2 Å². The number of nitrogens with zero attached hydrogens (tertiary/aromatic N) is 3. The van der Waals surface area contributed by atoms with Crippen molar-refractivity contribution in [1.29, 1.82) is 5.26 Å². The van der Waals surface area contributed by atoms with Crippen LogP contribution in [-0.2, 0) is 13.2 Å². The van der Waals surface area contributed by atoms with Crippen LogP contribution in [0.15, 0.2) is 65.7 Å². The highest BCUT2D eigenvalue weighted by Crippen LogP contribution is 2.31. The molecule has 0 aliphatic carbocycles. The number of hydrogen-bond donors (Lipinski definition) is 1. The summed E-state index contributed by atoms with van der Waals surface area (Å²) in [7, 11) is 0. The van der Waals surface area contributed by atoms with Crippen molar-refractivity contribution >= 4 is 34.1 Å². The summed E-state index contributed by atoms with van der Waals surface area (Å²) in [6.07, 6.45) is 4.27. The molecule has 0 radical (unpaired) electrons. The Balaban J connectivity index is 1.63. The fourth-order valence-corrected chi connectivity index (χ4v) is 3.47. The molecule has 2 aromatic carbocycles. The number of fused-ring (bicyclic) bond motifs is 1. The molecule has 31 heavy (non-hydrogen) atoms. The van der Waals surface area contributed by atoms with Crippen LogP contribution in [0.4, 0.5) is 0 Å². The van der Waals surface area contributed by atoms with Gasteiger partial charge < -0.3 is 9.72 Å². The summed E-state index contributed by atoms with van der Waals surface area (Å²) in [5, 5.41) is 10.1. The average molecular weight is 452 g/mol. The number of halogens is 2. The Morgan fingerprint density at radius 1 is 1.06 bits per heavy atom. The Morgan fingerprint density at radius 3 is 2.58 bits per heavy atom. The maximum absolute atomic E-state index is 12.6. The lowest BCUT2D eigenvalue weighted by molar-refractivity contribution is -0.696. The molecule has 8 heteroatoms. The zero-order chi connectivity index (χ0) is 21.8. The Hall–Kier alpha value is -3.40. The van der Waals surface area contributed by atoms with E-state index < -0.39 is 0 Å². The molecule has 0 spiro atoms. The van der Waals surface area contributed by atoms with Gasteiger partial charge in [-0.25, -0.2) is 9.55 Å². The van der Waals surface area contributed by atoms with Gasteiger partial charge in [-0.2, -0.15) is 5.26 Å². The quantitative estimate of drug-likeness (QED) is 0.431. The van der Waals surface area contributed by atoms with Gasteiger partial charge in [-0.05, 0) is 36.4 Å². The van der Waals surface area contributed by atoms with E-state index >= 15 is 0 Å². The lowest BCUT2D eigenvalue weighted by Gasteiger charge is -2.12. The monoisotopic (exact) mass is 451 g/mol. The Kier molecular flexibility index (Phi) is 6.17.